The van der Waals surface area contributed by atoms with Gasteiger partial charge in [-0.1, -0.05) is 264 Å². The monoisotopic (exact) mass is 978 g/mol. The summed E-state index contributed by atoms with van der Waals surface area (Å²) in [6.07, 6.45) is 38.8. The van der Waals surface area contributed by atoms with E-state index in [4.69, 9.17) is 9.05 Å². The van der Waals surface area contributed by atoms with E-state index in [2.05, 4.69) is 19.2 Å². The fraction of sp³-hybridized carbons (Fsp3) is 0.981. The Balaban J connectivity index is 2.21. The third-order valence-corrected chi connectivity index (χ3v) is 15.2. The lowest BCUT2D eigenvalue weighted by Crippen LogP contribution is -2.64. The lowest BCUT2D eigenvalue weighted by Gasteiger charge is -2.41. The average molecular weight is 978 g/mol. The molecule has 0 aromatic rings. The van der Waals surface area contributed by atoms with Gasteiger partial charge in [-0.05, 0) is 12.8 Å². The summed E-state index contributed by atoms with van der Waals surface area (Å²) in [6, 6.07) is -1.03. The fourth-order valence-corrected chi connectivity index (χ4v) is 10.5. The number of hydrogen-bond acceptors (Lipinski definition) is 10. The standard InChI is InChI=1S/C54H108NO11P/c1-3-5-7-9-11-13-15-16-17-18-19-20-21-22-23-24-25-26-27-28-29-30-31-32-34-36-38-40-42-44-48(57)55-46(47(56)43-41-39-37-35-33-14-12-10-8-6-4-2)45-65-67(63,64)66-54-52(61)50(59)49(58)51(60)53(54)62/h46-47,49-54,56,58-62H,3-45H2,1-2H3,(H,55,57)(H,63,64)/t46-,47+,49?,50+,51?,52?,53?,54?/m0/s1. The van der Waals surface area contributed by atoms with Crippen molar-refractivity contribution in [2.45, 2.75) is 332 Å². The number of carbonyl (C=O) groups is 1. The van der Waals surface area contributed by atoms with Crippen molar-refractivity contribution in [1.29, 1.82) is 0 Å². The van der Waals surface area contributed by atoms with Gasteiger partial charge in [-0.3, -0.25) is 13.8 Å². The largest absolute Gasteiger partial charge is 0.472 e. The first-order chi connectivity index (χ1) is 32.4. The highest BCUT2D eigenvalue weighted by molar-refractivity contribution is 7.47. The quantitative estimate of drug-likeness (QED) is 0.0213. The van der Waals surface area contributed by atoms with E-state index in [0.717, 1.165) is 38.5 Å². The lowest BCUT2D eigenvalue weighted by molar-refractivity contribution is -0.220. The third-order valence-electron chi connectivity index (χ3n) is 14.2. The van der Waals surface area contributed by atoms with E-state index in [1.165, 1.54) is 205 Å². The zero-order chi connectivity index (χ0) is 49.2. The van der Waals surface area contributed by atoms with Crippen LogP contribution in [-0.2, 0) is 18.4 Å². The van der Waals surface area contributed by atoms with Gasteiger partial charge >= 0.3 is 7.82 Å². The molecule has 0 bridgehead atoms. The van der Waals surface area contributed by atoms with Gasteiger partial charge in [-0.15, -0.1) is 0 Å². The molecule has 0 saturated heterocycles. The van der Waals surface area contributed by atoms with Crippen LogP contribution < -0.4 is 5.32 Å². The molecule has 0 aromatic carbocycles. The Labute approximate surface area is 410 Å². The molecule has 0 radical (unpaired) electrons. The van der Waals surface area contributed by atoms with Gasteiger partial charge in [0, 0.05) is 6.42 Å². The SMILES string of the molecule is CCCCCCCCCCCCCCCCCCCCCCCCCCCCCCCC(=O)N[C@@H](COP(=O)(O)OC1C(O)C(O)C(O)[C@@H](O)C1O)[C@H](O)CCCCCCCCCCCCC. The van der Waals surface area contributed by atoms with Crippen molar-refractivity contribution in [1.82, 2.24) is 5.32 Å². The Hall–Kier alpha value is -0.660. The number of unbranched alkanes of at least 4 members (excludes halogenated alkanes) is 38. The summed E-state index contributed by atoms with van der Waals surface area (Å²) in [4.78, 5) is 23.5. The number of hydrogen-bond donors (Lipinski definition) is 8. The lowest BCUT2D eigenvalue weighted by atomic mass is 9.85. The van der Waals surface area contributed by atoms with Crippen molar-refractivity contribution in [3.05, 3.63) is 0 Å². The summed E-state index contributed by atoms with van der Waals surface area (Å²) in [5.74, 6) is -0.302. The van der Waals surface area contributed by atoms with Gasteiger partial charge < -0.3 is 40.8 Å². The molecule has 400 valence electrons. The van der Waals surface area contributed by atoms with Crippen molar-refractivity contribution in [2.75, 3.05) is 6.61 Å². The maximum absolute atomic E-state index is 13.0. The van der Waals surface area contributed by atoms with Crippen LogP contribution in [-0.4, -0.2) is 96.8 Å². The minimum Gasteiger partial charge on any atom is -0.391 e. The highest BCUT2D eigenvalue weighted by atomic mass is 31.2. The second kappa shape index (κ2) is 44.1. The molecule has 12 nitrogen and oxygen atoms in total. The van der Waals surface area contributed by atoms with Crippen LogP contribution in [0.2, 0.25) is 0 Å². The van der Waals surface area contributed by atoms with E-state index in [-0.39, 0.29) is 12.3 Å². The highest BCUT2D eigenvalue weighted by Crippen LogP contribution is 2.47. The minimum absolute atomic E-state index is 0.243. The molecule has 0 spiro atoms. The van der Waals surface area contributed by atoms with Crippen molar-refractivity contribution in [3.63, 3.8) is 0 Å². The molecule has 1 aliphatic rings. The summed E-state index contributed by atoms with van der Waals surface area (Å²) < 4.78 is 23.0. The van der Waals surface area contributed by atoms with E-state index in [1.54, 1.807) is 0 Å². The molecule has 9 atom stereocenters. The predicted octanol–water partition coefficient (Wildman–Crippen LogP) is 12.6. The van der Waals surface area contributed by atoms with Gasteiger partial charge in [0.25, 0.3) is 0 Å². The second-order valence-corrected chi connectivity index (χ2v) is 21.9. The zero-order valence-electron chi connectivity index (χ0n) is 43.2. The molecule has 1 fully saturated rings. The Morgan fingerprint density at radius 3 is 1.03 bits per heavy atom. The molecule has 13 heteroatoms. The van der Waals surface area contributed by atoms with Gasteiger partial charge in [0.1, 0.15) is 36.6 Å². The zero-order valence-corrected chi connectivity index (χ0v) is 44.1. The van der Waals surface area contributed by atoms with Gasteiger partial charge in [-0.2, -0.15) is 0 Å². The maximum atomic E-state index is 13.0. The Kier molecular flexibility index (Phi) is 42.3. The number of amides is 1. The van der Waals surface area contributed by atoms with Gasteiger partial charge in [-0.25, -0.2) is 4.57 Å². The van der Waals surface area contributed by atoms with Crippen LogP contribution in [0.1, 0.15) is 284 Å². The van der Waals surface area contributed by atoms with Crippen molar-refractivity contribution in [2.24, 2.45) is 0 Å². The van der Waals surface area contributed by atoms with Gasteiger partial charge in [0.15, 0.2) is 0 Å². The van der Waals surface area contributed by atoms with Crippen LogP contribution >= 0.6 is 7.82 Å². The van der Waals surface area contributed by atoms with Crippen molar-refractivity contribution >= 4 is 13.7 Å². The van der Waals surface area contributed by atoms with E-state index < -0.39 is 63.2 Å². The molecule has 6 unspecified atom stereocenters. The highest BCUT2D eigenvalue weighted by Gasteiger charge is 2.51. The van der Waals surface area contributed by atoms with Crippen LogP contribution in [0, 0.1) is 0 Å². The normalized spacial score (nSPS) is 21.6. The molecule has 0 heterocycles. The molecule has 1 saturated carbocycles. The third kappa shape index (κ3) is 35.2. The van der Waals surface area contributed by atoms with Crippen LogP contribution in [0.15, 0.2) is 0 Å². The first kappa shape index (κ1) is 64.4. The van der Waals surface area contributed by atoms with Crippen molar-refractivity contribution < 1.29 is 53.9 Å². The maximum Gasteiger partial charge on any atom is 0.472 e. The number of rotatable bonds is 49. The van der Waals surface area contributed by atoms with Crippen molar-refractivity contribution in [3.8, 4) is 0 Å². The summed E-state index contributed by atoms with van der Waals surface area (Å²) in [6.45, 7) is 3.91. The molecule has 67 heavy (non-hydrogen) atoms. The van der Waals surface area contributed by atoms with E-state index in [9.17, 15) is 44.9 Å². The van der Waals surface area contributed by atoms with E-state index in [0.29, 0.717) is 19.3 Å². The van der Waals surface area contributed by atoms with Crippen LogP contribution in [0.4, 0.5) is 0 Å². The van der Waals surface area contributed by atoms with E-state index >= 15 is 0 Å². The fourth-order valence-electron chi connectivity index (χ4n) is 9.56. The molecular weight excluding hydrogens is 870 g/mol. The Morgan fingerprint density at radius 1 is 0.448 bits per heavy atom. The number of aliphatic hydroxyl groups is 6. The number of nitrogens with one attached hydrogen (secondary N) is 1. The van der Waals surface area contributed by atoms with Gasteiger partial charge in [0.05, 0.1) is 18.8 Å². The number of aliphatic hydroxyl groups excluding tert-OH is 6. The molecule has 0 aromatic heterocycles. The number of carbonyl (C=O) groups excluding carboxylic acids is 1. The Morgan fingerprint density at radius 2 is 0.716 bits per heavy atom. The number of phosphoric ester groups is 1. The molecular formula is C54H108NO11P. The molecule has 8 N–H and O–H groups in total. The average Bonchev–Trinajstić information content (AvgIpc) is 3.31. The van der Waals surface area contributed by atoms with Crippen LogP contribution in [0.3, 0.4) is 0 Å². The molecule has 1 rings (SSSR count). The minimum atomic E-state index is -5.05. The summed E-state index contributed by atoms with van der Waals surface area (Å²) in [7, 11) is -5.05. The Bertz CT molecular complexity index is 1140. The summed E-state index contributed by atoms with van der Waals surface area (Å²) >= 11 is 0. The smallest absolute Gasteiger partial charge is 0.391 e. The first-order valence-corrected chi connectivity index (χ1v) is 30.0. The van der Waals surface area contributed by atoms with Gasteiger partial charge in [0.2, 0.25) is 5.91 Å². The predicted molar refractivity (Wildman–Crippen MR) is 274 cm³/mol. The van der Waals surface area contributed by atoms with Crippen LogP contribution in [0.25, 0.3) is 0 Å². The second-order valence-electron chi connectivity index (χ2n) is 20.5. The first-order valence-electron chi connectivity index (χ1n) is 28.5. The molecule has 1 aliphatic carbocycles. The molecule has 1 amide bonds. The summed E-state index contributed by atoms with van der Waals surface area (Å²) in [5.41, 5.74) is 0. The number of phosphoric acid groups is 1. The van der Waals surface area contributed by atoms with Crippen LogP contribution in [0.5, 0.6) is 0 Å². The van der Waals surface area contributed by atoms with E-state index in [1.807, 2.05) is 0 Å². The molecule has 0 aliphatic heterocycles. The topological polar surface area (TPSA) is 206 Å². The summed E-state index contributed by atoms with van der Waals surface area (Å²) in [5, 5.41) is 64.3.